The second-order valence-corrected chi connectivity index (χ2v) is 10.1. The average molecular weight is 410 g/mol. The fraction of sp³-hybridized carbons (Fsp3) is 0.333. The summed E-state index contributed by atoms with van der Waals surface area (Å²) in [6.45, 7) is 2.19. The third-order valence-corrected chi connectivity index (χ3v) is 7.79. The first-order chi connectivity index (χ1) is 11.8. The van der Waals surface area contributed by atoms with E-state index in [9.17, 15) is 4.57 Å². The molecule has 3 rings (SSSR count). The molecule has 1 fully saturated rings. The molecule has 2 aromatic carbocycles. The van der Waals surface area contributed by atoms with E-state index in [-0.39, 0.29) is 0 Å². The summed E-state index contributed by atoms with van der Waals surface area (Å²) in [5.41, 5.74) is 2.00. The Morgan fingerprint density at radius 2 is 1.29 bits per heavy atom. The standard InChI is InChI=1S/C18H22NO3PSe/c20-23(19-11-13-24-14-12-19,21-15-17-7-3-1-4-8-17)22-16-18-9-5-2-6-10-18/h1-10H,11-16H2. The van der Waals surface area contributed by atoms with Gasteiger partial charge in [0.25, 0.3) is 0 Å². The molecule has 0 radical (unpaired) electrons. The van der Waals surface area contributed by atoms with Crippen molar-refractivity contribution in [2.24, 2.45) is 0 Å². The molecule has 0 spiro atoms. The Bertz CT molecular complexity index is 615. The molecule has 1 aliphatic heterocycles. The van der Waals surface area contributed by atoms with Crippen molar-refractivity contribution < 1.29 is 13.6 Å². The van der Waals surface area contributed by atoms with Crippen LogP contribution in [0.3, 0.4) is 0 Å². The second kappa shape index (κ2) is 8.96. The Balaban J connectivity index is 1.68. The Morgan fingerprint density at radius 3 is 1.75 bits per heavy atom. The molecule has 2 aromatic rings. The quantitative estimate of drug-likeness (QED) is 0.502. The molecule has 0 amide bonds. The van der Waals surface area contributed by atoms with Gasteiger partial charge in [-0.1, -0.05) is 0 Å². The number of rotatable bonds is 7. The van der Waals surface area contributed by atoms with Crippen LogP contribution in [0.2, 0.25) is 10.6 Å². The van der Waals surface area contributed by atoms with Crippen molar-refractivity contribution in [2.75, 3.05) is 13.1 Å². The van der Waals surface area contributed by atoms with Gasteiger partial charge in [0, 0.05) is 0 Å². The summed E-state index contributed by atoms with van der Waals surface area (Å²) in [5, 5.41) is 2.20. The van der Waals surface area contributed by atoms with Crippen molar-refractivity contribution in [3.63, 3.8) is 0 Å². The van der Waals surface area contributed by atoms with Gasteiger partial charge >= 0.3 is 150 Å². The van der Waals surface area contributed by atoms with Gasteiger partial charge in [-0.3, -0.25) is 0 Å². The van der Waals surface area contributed by atoms with E-state index in [1.54, 1.807) is 0 Å². The van der Waals surface area contributed by atoms with Crippen molar-refractivity contribution in [2.45, 2.75) is 23.9 Å². The molecule has 0 atom stereocenters. The fourth-order valence-electron chi connectivity index (χ4n) is 2.46. The van der Waals surface area contributed by atoms with Crippen molar-refractivity contribution in [3.8, 4) is 0 Å². The minimum absolute atomic E-state index is 0.300. The molecule has 4 nitrogen and oxygen atoms in total. The van der Waals surface area contributed by atoms with Gasteiger partial charge in [-0.05, 0) is 0 Å². The first-order valence-corrected chi connectivity index (χ1v) is 12.0. The zero-order chi connectivity index (χ0) is 16.7. The van der Waals surface area contributed by atoms with E-state index in [1.165, 1.54) is 0 Å². The van der Waals surface area contributed by atoms with Gasteiger partial charge in [0.05, 0.1) is 0 Å². The number of hydrogen-bond donors (Lipinski definition) is 0. The molecule has 0 saturated carbocycles. The third-order valence-electron chi connectivity index (χ3n) is 3.81. The van der Waals surface area contributed by atoms with Crippen LogP contribution in [0.4, 0.5) is 0 Å². The maximum absolute atomic E-state index is 13.4. The van der Waals surface area contributed by atoms with E-state index in [1.807, 2.05) is 65.3 Å². The van der Waals surface area contributed by atoms with Gasteiger partial charge in [0.1, 0.15) is 0 Å². The summed E-state index contributed by atoms with van der Waals surface area (Å²) >= 11 is 0.653. The average Bonchev–Trinajstić information content (AvgIpc) is 2.67. The minimum atomic E-state index is -3.28. The molecule has 0 unspecified atom stereocenters. The van der Waals surface area contributed by atoms with Crippen LogP contribution in [0, 0.1) is 0 Å². The van der Waals surface area contributed by atoms with E-state index in [4.69, 9.17) is 9.05 Å². The molecule has 0 aromatic heterocycles. The van der Waals surface area contributed by atoms with Crippen molar-refractivity contribution in [1.29, 1.82) is 0 Å². The van der Waals surface area contributed by atoms with Gasteiger partial charge in [-0.15, -0.1) is 0 Å². The fourth-order valence-corrected chi connectivity index (χ4v) is 6.68. The number of nitrogens with zero attached hydrogens (tertiary/aromatic N) is 1. The Hall–Kier alpha value is -0.931. The van der Waals surface area contributed by atoms with Crippen molar-refractivity contribution >= 4 is 22.7 Å². The molecular weight excluding hydrogens is 388 g/mol. The van der Waals surface area contributed by atoms with Crippen molar-refractivity contribution in [3.05, 3.63) is 71.8 Å². The molecule has 1 heterocycles. The van der Waals surface area contributed by atoms with Crippen LogP contribution < -0.4 is 0 Å². The summed E-state index contributed by atoms with van der Waals surface area (Å²) in [4.78, 5) is 0. The van der Waals surface area contributed by atoms with E-state index in [2.05, 4.69) is 0 Å². The SMILES string of the molecule is O=P(OCc1ccccc1)(OCc1ccccc1)N1CC[Se]CC1. The molecular formula is C18H22NO3PSe. The summed E-state index contributed by atoms with van der Waals surface area (Å²) in [6.07, 6.45) is 0. The topological polar surface area (TPSA) is 38.8 Å². The summed E-state index contributed by atoms with van der Waals surface area (Å²) < 4.78 is 27.0. The normalized spacial score (nSPS) is 16.2. The number of benzene rings is 2. The molecule has 6 heteroatoms. The van der Waals surface area contributed by atoms with Crippen LogP contribution in [0.15, 0.2) is 60.7 Å². The Morgan fingerprint density at radius 1 is 0.833 bits per heavy atom. The third kappa shape index (κ3) is 5.03. The Kier molecular flexibility index (Phi) is 6.67. The molecule has 128 valence electrons. The van der Waals surface area contributed by atoms with Crippen LogP contribution >= 0.6 is 7.75 Å². The van der Waals surface area contributed by atoms with E-state index >= 15 is 0 Å². The van der Waals surface area contributed by atoms with Crippen LogP contribution in [-0.4, -0.2) is 32.7 Å². The second-order valence-electron chi connectivity index (χ2n) is 5.55. The van der Waals surface area contributed by atoms with E-state index < -0.39 is 7.75 Å². The Labute approximate surface area is 149 Å². The van der Waals surface area contributed by atoms with Crippen LogP contribution in [0.1, 0.15) is 11.1 Å². The maximum atomic E-state index is 13.4. The summed E-state index contributed by atoms with van der Waals surface area (Å²) in [5.74, 6) is 0. The predicted octanol–water partition coefficient (Wildman–Crippen LogP) is 4.38. The monoisotopic (exact) mass is 411 g/mol. The van der Waals surface area contributed by atoms with Crippen molar-refractivity contribution in [1.82, 2.24) is 4.67 Å². The first kappa shape index (κ1) is 17.9. The van der Waals surface area contributed by atoms with Gasteiger partial charge < -0.3 is 0 Å². The van der Waals surface area contributed by atoms with Crippen LogP contribution in [0.5, 0.6) is 0 Å². The van der Waals surface area contributed by atoms with Gasteiger partial charge in [0.15, 0.2) is 0 Å². The van der Waals surface area contributed by atoms with Gasteiger partial charge in [-0.25, -0.2) is 0 Å². The zero-order valence-electron chi connectivity index (χ0n) is 13.5. The van der Waals surface area contributed by atoms with E-state index in [0.717, 1.165) is 34.9 Å². The number of hydrogen-bond acceptors (Lipinski definition) is 3. The van der Waals surface area contributed by atoms with Crippen LogP contribution in [-0.2, 0) is 26.8 Å². The predicted molar refractivity (Wildman–Crippen MR) is 97.0 cm³/mol. The molecule has 24 heavy (non-hydrogen) atoms. The molecule has 1 saturated heterocycles. The molecule has 0 bridgehead atoms. The van der Waals surface area contributed by atoms with Crippen LogP contribution in [0.25, 0.3) is 0 Å². The molecule has 0 N–H and O–H groups in total. The molecule has 0 aliphatic carbocycles. The van der Waals surface area contributed by atoms with E-state index in [0.29, 0.717) is 28.2 Å². The molecule has 1 aliphatic rings. The van der Waals surface area contributed by atoms with Gasteiger partial charge in [0.2, 0.25) is 0 Å². The zero-order valence-corrected chi connectivity index (χ0v) is 16.2. The van der Waals surface area contributed by atoms with Gasteiger partial charge in [-0.2, -0.15) is 0 Å². The first-order valence-electron chi connectivity index (χ1n) is 8.06. The summed E-state index contributed by atoms with van der Waals surface area (Å²) in [6, 6.07) is 19.6. The summed E-state index contributed by atoms with van der Waals surface area (Å²) in [7, 11) is -3.28.